The SMILES string of the molecule is CCC[C@@H](CO)Nc1nc(N)nc2c3ccccc3n(Cc3cc(CNC4CCOC(C)(C)C4)ccc3OC)c12. The maximum atomic E-state index is 10.0. The summed E-state index contributed by atoms with van der Waals surface area (Å²) in [4.78, 5) is 9.24. The van der Waals surface area contributed by atoms with Crippen molar-refractivity contribution in [3.8, 4) is 5.75 Å². The molecule has 0 amide bonds. The summed E-state index contributed by atoms with van der Waals surface area (Å²) in [7, 11) is 1.71. The second-order valence-electron chi connectivity index (χ2n) is 11.4. The molecule has 0 aliphatic carbocycles. The molecule has 1 aliphatic rings. The van der Waals surface area contributed by atoms with Crippen molar-refractivity contribution in [2.45, 2.75) is 77.2 Å². The average Bonchev–Trinajstić information content (AvgIpc) is 3.24. The number of benzene rings is 2. The predicted molar refractivity (Wildman–Crippen MR) is 161 cm³/mol. The monoisotopic (exact) mass is 546 g/mol. The number of fused-ring (bicyclic) bond motifs is 3. The number of methoxy groups -OCH3 is 1. The van der Waals surface area contributed by atoms with Crippen LogP contribution in [0.25, 0.3) is 21.9 Å². The van der Waals surface area contributed by atoms with E-state index in [2.05, 4.69) is 70.2 Å². The van der Waals surface area contributed by atoms with Gasteiger partial charge in [0.2, 0.25) is 5.95 Å². The van der Waals surface area contributed by atoms with Crippen LogP contribution in [0.1, 0.15) is 57.6 Å². The van der Waals surface area contributed by atoms with E-state index in [4.69, 9.17) is 15.2 Å². The van der Waals surface area contributed by atoms with Crippen LogP contribution in [0.5, 0.6) is 5.75 Å². The van der Waals surface area contributed by atoms with Crippen molar-refractivity contribution in [2.24, 2.45) is 0 Å². The van der Waals surface area contributed by atoms with Gasteiger partial charge in [-0.05, 0) is 56.9 Å². The first kappa shape index (κ1) is 28.1. The summed E-state index contributed by atoms with van der Waals surface area (Å²) in [5, 5.41) is 18.2. The van der Waals surface area contributed by atoms with E-state index in [1.54, 1.807) is 7.11 Å². The number of aliphatic hydroxyl groups is 1. The fourth-order valence-corrected chi connectivity index (χ4v) is 5.87. The molecule has 4 aromatic rings. The maximum absolute atomic E-state index is 10.0. The Balaban J connectivity index is 1.52. The molecular weight excluding hydrogens is 504 g/mol. The molecule has 0 radical (unpaired) electrons. The van der Waals surface area contributed by atoms with E-state index >= 15 is 0 Å². The van der Waals surface area contributed by atoms with Crippen LogP contribution in [0.4, 0.5) is 11.8 Å². The third-order valence-corrected chi connectivity index (χ3v) is 7.78. The fraction of sp³-hybridized carbons (Fsp3) is 0.484. The molecule has 9 heteroatoms. The fourth-order valence-electron chi connectivity index (χ4n) is 5.87. The summed E-state index contributed by atoms with van der Waals surface area (Å²) in [5.41, 5.74) is 11.0. The van der Waals surface area contributed by atoms with Crippen LogP contribution < -0.4 is 21.1 Å². The van der Waals surface area contributed by atoms with Gasteiger partial charge in [-0.15, -0.1) is 0 Å². The summed E-state index contributed by atoms with van der Waals surface area (Å²) in [5.74, 6) is 1.66. The molecule has 1 unspecified atom stereocenters. The van der Waals surface area contributed by atoms with E-state index in [9.17, 15) is 5.11 Å². The van der Waals surface area contributed by atoms with Gasteiger partial charge in [0.05, 0.1) is 37.4 Å². The van der Waals surface area contributed by atoms with Gasteiger partial charge in [0.1, 0.15) is 16.8 Å². The Bertz CT molecular complexity index is 1470. The molecule has 0 spiro atoms. The standard InChI is InChI=1S/C31H42N6O3/c1-5-8-23(19-38)34-29-28-27(35-30(32)36-29)24-9-6-7-10-25(24)37(28)18-21-15-20(11-12-26(21)39-4)17-33-22-13-14-40-31(2,3)16-22/h6-7,9-12,15,22-23,33,38H,5,8,13-14,16-19H2,1-4H3,(H3,32,34,35,36)/t22?,23-/m0/s1. The van der Waals surface area contributed by atoms with Crippen LogP contribution in [-0.2, 0) is 17.8 Å². The quantitative estimate of drug-likeness (QED) is 0.211. The number of anilines is 2. The molecular formula is C31H42N6O3. The summed E-state index contributed by atoms with van der Waals surface area (Å²) >= 11 is 0. The van der Waals surface area contributed by atoms with Gasteiger partial charge >= 0.3 is 0 Å². The molecule has 0 bridgehead atoms. The van der Waals surface area contributed by atoms with E-state index in [1.165, 1.54) is 5.56 Å². The van der Waals surface area contributed by atoms with Crippen molar-refractivity contribution in [1.29, 1.82) is 0 Å². The van der Waals surface area contributed by atoms with Gasteiger partial charge in [0.15, 0.2) is 5.82 Å². The van der Waals surface area contributed by atoms with Gasteiger partial charge in [-0.25, -0.2) is 4.98 Å². The average molecular weight is 547 g/mol. The number of nitrogen functional groups attached to an aromatic ring is 1. The first-order valence-electron chi connectivity index (χ1n) is 14.3. The minimum atomic E-state index is -0.131. The lowest BCUT2D eigenvalue weighted by Crippen LogP contribution is -2.43. The van der Waals surface area contributed by atoms with Gasteiger partial charge in [-0.2, -0.15) is 4.98 Å². The third-order valence-electron chi connectivity index (χ3n) is 7.78. The normalized spacial score (nSPS) is 17.8. The highest BCUT2D eigenvalue weighted by atomic mass is 16.5. The van der Waals surface area contributed by atoms with Gasteiger partial charge in [-0.3, -0.25) is 0 Å². The lowest BCUT2D eigenvalue weighted by atomic mass is 9.94. The molecule has 0 saturated carbocycles. The van der Waals surface area contributed by atoms with Gasteiger partial charge in [-0.1, -0.05) is 37.6 Å². The molecule has 1 saturated heterocycles. The van der Waals surface area contributed by atoms with Gasteiger partial charge in [0, 0.05) is 30.1 Å². The predicted octanol–water partition coefficient (Wildman–Crippen LogP) is 4.84. The maximum Gasteiger partial charge on any atom is 0.222 e. The van der Waals surface area contributed by atoms with Crippen LogP contribution in [0, 0.1) is 0 Å². The van der Waals surface area contributed by atoms with Crippen LogP contribution >= 0.6 is 0 Å². The number of para-hydroxylation sites is 1. The molecule has 1 fully saturated rings. The molecule has 2 aromatic carbocycles. The van der Waals surface area contributed by atoms with E-state index < -0.39 is 0 Å². The lowest BCUT2D eigenvalue weighted by Gasteiger charge is -2.36. The number of aliphatic hydroxyl groups excluding tert-OH is 1. The molecule has 214 valence electrons. The largest absolute Gasteiger partial charge is 0.496 e. The highest BCUT2D eigenvalue weighted by Crippen LogP contribution is 2.34. The first-order chi connectivity index (χ1) is 19.3. The zero-order valence-electron chi connectivity index (χ0n) is 24.0. The second-order valence-corrected chi connectivity index (χ2v) is 11.4. The highest BCUT2D eigenvalue weighted by molar-refractivity contribution is 6.09. The Morgan fingerprint density at radius 3 is 2.80 bits per heavy atom. The summed E-state index contributed by atoms with van der Waals surface area (Å²) in [6, 6.07) is 14.9. The van der Waals surface area contributed by atoms with Crippen LogP contribution in [0.3, 0.4) is 0 Å². The van der Waals surface area contributed by atoms with Crippen molar-refractivity contribution in [2.75, 3.05) is 31.4 Å². The van der Waals surface area contributed by atoms with Crippen LogP contribution in [-0.4, -0.2) is 57.6 Å². The van der Waals surface area contributed by atoms with Gasteiger partial charge in [0.25, 0.3) is 0 Å². The summed E-state index contributed by atoms with van der Waals surface area (Å²) in [6.45, 7) is 8.53. The van der Waals surface area contributed by atoms with Gasteiger partial charge < -0.3 is 35.5 Å². The second kappa shape index (κ2) is 12.0. The number of hydrogen-bond donors (Lipinski definition) is 4. The van der Waals surface area contributed by atoms with Crippen molar-refractivity contribution in [1.82, 2.24) is 19.9 Å². The summed E-state index contributed by atoms with van der Waals surface area (Å²) < 4.78 is 13.9. The number of nitrogens with zero attached hydrogens (tertiary/aromatic N) is 3. The Morgan fingerprint density at radius 1 is 1.23 bits per heavy atom. The van der Waals surface area contributed by atoms with E-state index in [0.717, 1.165) is 72.1 Å². The van der Waals surface area contributed by atoms with E-state index in [1.807, 2.05) is 18.2 Å². The van der Waals surface area contributed by atoms with Crippen LogP contribution in [0.15, 0.2) is 42.5 Å². The smallest absolute Gasteiger partial charge is 0.222 e. The van der Waals surface area contributed by atoms with Crippen molar-refractivity contribution < 1.29 is 14.6 Å². The molecule has 1 aliphatic heterocycles. The number of aromatic nitrogens is 3. The highest BCUT2D eigenvalue weighted by Gasteiger charge is 2.28. The Kier molecular flexibility index (Phi) is 8.44. The Morgan fingerprint density at radius 2 is 2.05 bits per heavy atom. The summed E-state index contributed by atoms with van der Waals surface area (Å²) in [6.07, 6.45) is 3.76. The molecule has 3 heterocycles. The number of rotatable bonds is 11. The van der Waals surface area contributed by atoms with E-state index in [-0.39, 0.29) is 24.2 Å². The number of nitrogens with one attached hydrogen (secondary N) is 2. The minimum Gasteiger partial charge on any atom is -0.496 e. The van der Waals surface area contributed by atoms with E-state index in [0.29, 0.717) is 18.4 Å². The molecule has 5 N–H and O–H groups in total. The zero-order chi connectivity index (χ0) is 28.3. The lowest BCUT2D eigenvalue weighted by molar-refractivity contribution is -0.0630. The van der Waals surface area contributed by atoms with Crippen LogP contribution in [0.2, 0.25) is 0 Å². The number of nitrogens with two attached hydrogens (primary N) is 1. The minimum absolute atomic E-state index is 0.00659. The topological polar surface area (TPSA) is 119 Å². The number of ether oxygens (including phenoxy) is 2. The Hall–Kier alpha value is -3.40. The zero-order valence-corrected chi connectivity index (χ0v) is 24.0. The molecule has 2 atom stereocenters. The van der Waals surface area contributed by atoms with Crippen molar-refractivity contribution in [3.05, 3.63) is 53.6 Å². The van der Waals surface area contributed by atoms with Crippen molar-refractivity contribution >= 4 is 33.7 Å². The Labute approximate surface area is 236 Å². The molecule has 5 rings (SSSR count). The number of hydrogen-bond acceptors (Lipinski definition) is 8. The molecule has 2 aromatic heterocycles. The molecule has 9 nitrogen and oxygen atoms in total. The van der Waals surface area contributed by atoms with Crippen molar-refractivity contribution in [3.63, 3.8) is 0 Å². The molecule has 40 heavy (non-hydrogen) atoms. The third kappa shape index (κ3) is 6.01. The first-order valence-corrected chi connectivity index (χ1v) is 14.3.